The standard InChI is InChI=1S/C8H12N/c1-8(2,3)7-5-4-6-9-7/h5-6,9H,1-3H3. The van der Waals surface area contributed by atoms with Crippen LogP contribution in [0, 0.1) is 6.07 Å². The molecule has 0 aliphatic rings. The van der Waals surface area contributed by atoms with Crippen LogP contribution in [0.2, 0.25) is 0 Å². The fraction of sp³-hybridized carbons (Fsp3) is 0.500. The molecule has 9 heavy (non-hydrogen) atoms. The molecular formula is C8H12N. The van der Waals surface area contributed by atoms with E-state index in [0.717, 1.165) is 0 Å². The molecule has 0 saturated heterocycles. The maximum atomic E-state index is 3.12. The topological polar surface area (TPSA) is 15.8 Å². The van der Waals surface area contributed by atoms with E-state index in [9.17, 15) is 0 Å². The van der Waals surface area contributed by atoms with Crippen molar-refractivity contribution in [3.05, 3.63) is 24.0 Å². The summed E-state index contributed by atoms with van der Waals surface area (Å²) in [5.41, 5.74) is 1.47. The van der Waals surface area contributed by atoms with Gasteiger partial charge in [-0.05, 0) is 6.07 Å². The van der Waals surface area contributed by atoms with Crippen molar-refractivity contribution < 1.29 is 0 Å². The van der Waals surface area contributed by atoms with Gasteiger partial charge in [-0.2, -0.15) is 0 Å². The van der Waals surface area contributed by atoms with Gasteiger partial charge >= 0.3 is 0 Å². The van der Waals surface area contributed by atoms with Gasteiger partial charge in [-0.3, -0.25) is 0 Å². The van der Waals surface area contributed by atoms with Crippen LogP contribution >= 0.6 is 0 Å². The van der Waals surface area contributed by atoms with Crippen molar-refractivity contribution in [2.75, 3.05) is 0 Å². The van der Waals surface area contributed by atoms with Gasteiger partial charge in [0.1, 0.15) is 0 Å². The molecule has 1 radical (unpaired) electrons. The van der Waals surface area contributed by atoms with Crippen molar-refractivity contribution in [3.8, 4) is 0 Å². The first-order valence-corrected chi connectivity index (χ1v) is 3.15. The first-order chi connectivity index (χ1) is 4.11. The number of H-pyrrole nitrogens is 1. The van der Waals surface area contributed by atoms with E-state index >= 15 is 0 Å². The molecule has 0 fully saturated rings. The van der Waals surface area contributed by atoms with E-state index in [1.54, 1.807) is 0 Å². The minimum absolute atomic E-state index is 0.236. The van der Waals surface area contributed by atoms with Gasteiger partial charge in [-0.1, -0.05) is 20.8 Å². The van der Waals surface area contributed by atoms with Crippen molar-refractivity contribution in [3.63, 3.8) is 0 Å². The van der Waals surface area contributed by atoms with Crippen LogP contribution in [0.15, 0.2) is 12.3 Å². The van der Waals surface area contributed by atoms with Gasteiger partial charge in [0.25, 0.3) is 0 Å². The highest BCUT2D eigenvalue weighted by Gasteiger charge is 2.12. The highest BCUT2D eigenvalue weighted by Crippen LogP contribution is 2.18. The number of aromatic amines is 1. The number of hydrogen-bond donors (Lipinski definition) is 1. The Morgan fingerprint density at radius 2 is 2.11 bits per heavy atom. The largest absolute Gasteiger partial charge is 0.364 e. The van der Waals surface area contributed by atoms with Crippen LogP contribution in [0.4, 0.5) is 0 Å². The predicted octanol–water partition coefficient (Wildman–Crippen LogP) is 2.11. The quantitative estimate of drug-likeness (QED) is 0.542. The van der Waals surface area contributed by atoms with E-state index in [0.29, 0.717) is 0 Å². The van der Waals surface area contributed by atoms with Gasteiger partial charge in [0.15, 0.2) is 0 Å². The van der Waals surface area contributed by atoms with E-state index in [1.807, 2.05) is 12.3 Å². The van der Waals surface area contributed by atoms with Gasteiger partial charge in [-0.15, -0.1) is 0 Å². The van der Waals surface area contributed by atoms with Crippen LogP contribution in [0.5, 0.6) is 0 Å². The van der Waals surface area contributed by atoms with Crippen molar-refractivity contribution in [1.82, 2.24) is 4.98 Å². The summed E-state index contributed by atoms with van der Waals surface area (Å²) in [6.45, 7) is 6.52. The van der Waals surface area contributed by atoms with Crippen molar-refractivity contribution in [1.29, 1.82) is 0 Å². The molecule has 1 heterocycles. The number of aromatic nitrogens is 1. The maximum absolute atomic E-state index is 3.12. The Hall–Kier alpha value is -0.720. The average molecular weight is 122 g/mol. The Morgan fingerprint density at radius 1 is 1.44 bits per heavy atom. The van der Waals surface area contributed by atoms with Gasteiger partial charge in [0.2, 0.25) is 0 Å². The summed E-state index contributed by atoms with van der Waals surface area (Å²) in [5.74, 6) is 0. The van der Waals surface area contributed by atoms with Crippen LogP contribution < -0.4 is 0 Å². The molecule has 1 nitrogen and oxygen atoms in total. The van der Waals surface area contributed by atoms with E-state index in [4.69, 9.17) is 0 Å². The molecule has 0 bridgehead atoms. The summed E-state index contributed by atoms with van der Waals surface area (Å²) < 4.78 is 0. The van der Waals surface area contributed by atoms with Gasteiger partial charge in [-0.25, -0.2) is 0 Å². The maximum Gasteiger partial charge on any atom is 0.0208 e. The van der Waals surface area contributed by atoms with Crippen molar-refractivity contribution in [2.45, 2.75) is 26.2 Å². The summed E-state index contributed by atoms with van der Waals surface area (Å²) in [4.78, 5) is 3.12. The Bertz CT molecular complexity index is 167. The highest BCUT2D eigenvalue weighted by atomic mass is 14.7. The molecule has 0 aliphatic heterocycles. The van der Waals surface area contributed by atoms with E-state index in [-0.39, 0.29) is 5.41 Å². The molecule has 0 aromatic carbocycles. The number of nitrogens with one attached hydrogen (secondary N) is 1. The SMILES string of the molecule is CC(C)(C)c1c[c]c[nH]1. The molecular weight excluding hydrogens is 110 g/mol. The lowest BCUT2D eigenvalue weighted by molar-refractivity contribution is 0.573. The molecule has 1 N–H and O–H groups in total. The summed E-state index contributed by atoms with van der Waals surface area (Å²) in [6, 6.07) is 4.97. The lowest BCUT2D eigenvalue weighted by Gasteiger charge is -2.15. The Morgan fingerprint density at radius 3 is 2.33 bits per heavy atom. The van der Waals surface area contributed by atoms with Crippen molar-refractivity contribution >= 4 is 0 Å². The normalized spacial score (nSPS) is 11.9. The second kappa shape index (κ2) is 1.90. The number of rotatable bonds is 0. The second-order valence-corrected chi connectivity index (χ2v) is 3.26. The molecule has 0 aliphatic carbocycles. The molecule has 0 atom stereocenters. The Kier molecular flexibility index (Phi) is 1.35. The van der Waals surface area contributed by atoms with Crippen molar-refractivity contribution in [2.24, 2.45) is 0 Å². The minimum Gasteiger partial charge on any atom is -0.364 e. The van der Waals surface area contributed by atoms with Gasteiger partial charge < -0.3 is 4.98 Å². The van der Waals surface area contributed by atoms with Crippen LogP contribution in [0.25, 0.3) is 0 Å². The minimum atomic E-state index is 0.236. The highest BCUT2D eigenvalue weighted by molar-refractivity contribution is 5.12. The zero-order valence-electron chi connectivity index (χ0n) is 6.15. The Balaban J connectivity index is 2.90. The molecule has 0 unspecified atom stereocenters. The lowest BCUT2D eigenvalue weighted by Crippen LogP contribution is -2.10. The first-order valence-electron chi connectivity index (χ1n) is 3.15. The molecule has 1 heteroatoms. The molecule has 0 saturated carbocycles. The lowest BCUT2D eigenvalue weighted by atomic mass is 9.93. The molecule has 49 valence electrons. The predicted molar refractivity (Wildman–Crippen MR) is 38.3 cm³/mol. The van der Waals surface area contributed by atoms with Gasteiger partial charge in [0, 0.05) is 23.4 Å². The molecule has 1 aromatic heterocycles. The van der Waals surface area contributed by atoms with E-state index in [2.05, 4.69) is 31.8 Å². The van der Waals surface area contributed by atoms with Crippen LogP contribution in [-0.2, 0) is 5.41 Å². The zero-order valence-corrected chi connectivity index (χ0v) is 6.15. The summed E-state index contributed by atoms with van der Waals surface area (Å²) >= 11 is 0. The first kappa shape index (κ1) is 6.40. The third-order valence-corrected chi connectivity index (χ3v) is 1.35. The molecule has 0 amide bonds. The fourth-order valence-corrected chi connectivity index (χ4v) is 0.719. The zero-order chi connectivity index (χ0) is 6.91. The van der Waals surface area contributed by atoms with Crippen LogP contribution in [-0.4, -0.2) is 4.98 Å². The van der Waals surface area contributed by atoms with Crippen LogP contribution in [0.1, 0.15) is 26.5 Å². The smallest absolute Gasteiger partial charge is 0.0208 e. The third-order valence-electron chi connectivity index (χ3n) is 1.35. The summed E-state index contributed by atoms with van der Waals surface area (Å²) in [7, 11) is 0. The second-order valence-electron chi connectivity index (χ2n) is 3.26. The van der Waals surface area contributed by atoms with E-state index in [1.165, 1.54) is 5.69 Å². The monoisotopic (exact) mass is 122 g/mol. The van der Waals surface area contributed by atoms with E-state index < -0.39 is 0 Å². The number of hydrogen-bond acceptors (Lipinski definition) is 0. The summed E-state index contributed by atoms with van der Waals surface area (Å²) in [6.07, 6.45) is 1.83. The fourth-order valence-electron chi connectivity index (χ4n) is 0.719. The Labute approximate surface area is 56.1 Å². The van der Waals surface area contributed by atoms with Crippen LogP contribution in [0.3, 0.4) is 0 Å². The summed E-state index contributed by atoms with van der Waals surface area (Å²) in [5, 5.41) is 0. The third kappa shape index (κ3) is 1.35. The molecule has 1 rings (SSSR count). The molecule has 0 spiro atoms. The van der Waals surface area contributed by atoms with Gasteiger partial charge in [0.05, 0.1) is 0 Å². The molecule has 1 aromatic rings. The average Bonchev–Trinajstić information content (AvgIpc) is 2.08.